The highest BCUT2D eigenvalue weighted by molar-refractivity contribution is 6.30. The van der Waals surface area contributed by atoms with Crippen molar-refractivity contribution >= 4 is 29.6 Å². The first-order valence-corrected chi connectivity index (χ1v) is 9.15. The van der Waals surface area contributed by atoms with Crippen LogP contribution in [0.1, 0.15) is 11.1 Å². The van der Waals surface area contributed by atoms with Gasteiger partial charge in [0.1, 0.15) is 0 Å². The lowest BCUT2D eigenvalue weighted by Crippen LogP contribution is -2.43. The predicted octanol–water partition coefficient (Wildman–Crippen LogP) is 4.07. The van der Waals surface area contributed by atoms with Gasteiger partial charge in [0, 0.05) is 50.0 Å². The summed E-state index contributed by atoms with van der Waals surface area (Å²) in [4.78, 5) is 13.0. The van der Waals surface area contributed by atoms with Gasteiger partial charge in [-0.05, 0) is 35.9 Å². The fourth-order valence-electron chi connectivity index (χ4n) is 2.93. The highest BCUT2D eigenvalue weighted by Crippen LogP contribution is 2.18. The summed E-state index contributed by atoms with van der Waals surface area (Å²) in [5.41, 5.74) is 1.92. The SMILES string of the molecule is O=[N+]([O-])c1ccccc1/C=C/C=N/N1CCN(Cc2ccc(Cl)cc2)CC1. The molecule has 0 N–H and O–H groups in total. The van der Waals surface area contributed by atoms with Gasteiger partial charge in [-0.1, -0.05) is 35.9 Å². The number of nitro groups is 1. The van der Waals surface area contributed by atoms with E-state index in [4.69, 9.17) is 11.6 Å². The molecular weight excluding hydrogens is 364 g/mol. The van der Waals surface area contributed by atoms with Crippen LogP contribution in [0, 0.1) is 10.1 Å². The Morgan fingerprint density at radius 3 is 2.48 bits per heavy atom. The minimum Gasteiger partial charge on any atom is -0.295 e. The largest absolute Gasteiger partial charge is 0.295 e. The maximum atomic E-state index is 11.0. The quantitative estimate of drug-likeness (QED) is 0.428. The minimum absolute atomic E-state index is 0.0953. The van der Waals surface area contributed by atoms with E-state index < -0.39 is 0 Å². The number of hydrazone groups is 1. The molecule has 0 aromatic heterocycles. The van der Waals surface area contributed by atoms with Gasteiger partial charge in [0.15, 0.2) is 0 Å². The van der Waals surface area contributed by atoms with E-state index in [0.29, 0.717) is 5.56 Å². The van der Waals surface area contributed by atoms with E-state index in [1.165, 1.54) is 11.6 Å². The van der Waals surface area contributed by atoms with Crippen molar-refractivity contribution in [2.45, 2.75) is 6.54 Å². The summed E-state index contributed by atoms with van der Waals surface area (Å²) < 4.78 is 0. The van der Waals surface area contributed by atoms with Gasteiger partial charge in [0.05, 0.1) is 10.5 Å². The van der Waals surface area contributed by atoms with E-state index in [1.54, 1.807) is 36.6 Å². The molecule has 2 aromatic rings. The second kappa shape index (κ2) is 9.30. The van der Waals surface area contributed by atoms with Crippen LogP contribution in [0.2, 0.25) is 5.02 Å². The summed E-state index contributed by atoms with van der Waals surface area (Å²) in [5.74, 6) is 0. The average molecular weight is 385 g/mol. The van der Waals surface area contributed by atoms with Crippen molar-refractivity contribution in [3.63, 3.8) is 0 Å². The zero-order valence-electron chi connectivity index (χ0n) is 14.9. The first-order valence-electron chi connectivity index (χ1n) is 8.77. The van der Waals surface area contributed by atoms with Gasteiger partial charge in [-0.3, -0.25) is 20.0 Å². The fourth-order valence-corrected chi connectivity index (χ4v) is 3.06. The lowest BCUT2D eigenvalue weighted by Gasteiger charge is -2.32. The molecule has 0 spiro atoms. The lowest BCUT2D eigenvalue weighted by atomic mass is 10.1. The zero-order valence-corrected chi connectivity index (χ0v) is 15.6. The average Bonchev–Trinajstić information content (AvgIpc) is 2.68. The van der Waals surface area contributed by atoms with Crippen molar-refractivity contribution in [2.24, 2.45) is 5.10 Å². The third-order valence-electron chi connectivity index (χ3n) is 4.39. The molecule has 2 aromatic carbocycles. The smallest absolute Gasteiger partial charge is 0.276 e. The van der Waals surface area contributed by atoms with Crippen molar-refractivity contribution in [3.05, 3.63) is 80.9 Å². The molecule has 0 saturated carbocycles. The number of allylic oxidation sites excluding steroid dienone is 1. The van der Waals surface area contributed by atoms with Gasteiger partial charge in [-0.25, -0.2) is 0 Å². The standard InChI is InChI=1S/C20H21ClN4O2/c21-19-9-7-17(8-10-19)16-23-12-14-24(15-13-23)22-11-3-5-18-4-1-2-6-20(18)25(26)27/h1-11H,12-16H2/b5-3+,22-11+. The summed E-state index contributed by atoms with van der Waals surface area (Å²) in [6.45, 7) is 4.49. The fraction of sp³-hybridized carbons (Fsp3) is 0.250. The Kier molecular flexibility index (Phi) is 6.57. The summed E-state index contributed by atoms with van der Waals surface area (Å²) in [6.07, 6.45) is 5.13. The number of piperazine rings is 1. The lowest BCUT2D eigenvalue weighted by molar-refractivity contribution is -0.385. The van der Waals surface area contributed by atoms with E-state index in [-0.39, 0.29) is 10.6 Å². The van der Waals surface area contributed by atoms with E-state index in [1.807, 2.05) is 17.1 Å². The first kappa shape index (κ1) is 19.1. The van der Waals surface area contributed by atoms with E-state index in [9.17, 15) is 10.1 Å². The molecule has 6 nitrogen and oxygen atoms in total. The van der Waals surface area contributed by atoms with Crippen molar-refractivity contribution in [1.82, 2.24) is 9.91 Å². The second-order valence-corrected chi connectivity index (χ2v) is 6.73. The summed E-state index contributed by atoms with van der Waals surface area (Å²) in [5, 5.41) is 18.2. The van der Waals surface area contributed by atoms with E-state index >= 15 is 0 Å². The third-order valence-corrected chi connectivity index (χ3v) is 4.65. The van der Waals surface area contributed by atoms with Crippen LogP contribution in [0.25, 0.3) is 6.08 Å². The van der Waals surface area contributed by atoms with Crippen LogP contribution < -0.4 is 0 Å². The molecule has 1 fully saturated rings. The topological polar surface area (TPSA) is 62.0 Å². The number of nitro benzene ring substituents is 1. The Morgan fingerprint density at radius 1 is 1.07 bits per heavy atom. The molecule has 0 atom stereocenters. The van der Waals surface area contributed by atoms with Crippen molar-refractivity contribution in [3.8, 4) is 0 Å². The summed E-state index contributed by atoms with van der Waals surface area (Å²) in [6, 6.07) is 14.6. The molecule has 0 bridgehead atoms. The molecule has 1 saturated heterocycles. The maximum Gasteiger partial charge on any atom is 0.276 e. The molecule has 1 aliphatic heterocycles. The second-order valence-electron chi connectivity index (χ2n) is 6.30. The molecule has 7 heteroatoms. The predicted molar refractivity (Wildman–Crippen MR) is 109 cm³/mol. The number of nitrogens with zero attached hydrogens (tertiary/aromatic N) is 4. The third kappa shape index (κ3) is 5.64. The number of hydrogen-bond acceptors (Lipinski definition) is 5. The Balaban J connectivity index is 1.48. The van der Waals surface area contributed by atoms with E-state index in [2.05, 4.69) is 22.1 Å². The number of hydrogen-bond donors (Lipinski definition) is 0. The molecule has 0 aliphatic carbocycles. The molecule has 27 heavy (non-hydrogen) atoms. The molecular formula is C20H21ClN4O2. The highest BCUT2D eigenvalue weighted by atomic mass is 35.5. The molecule has 0 radical (unpaired) electrons. The van der Waals surface area contributed by atoms with Crippen molar-refractivity contribution < 1.29 is 4.92 Å². The van der Waals surface area contributed by atoms with Gasteiger partial charge in [0.25, 0.3) is 5.69 Å². The van der Waals surface area contributed by atoms with Crippen LogP contribution in [0.3, 0.4) is 0 Å². The van der Waals surface area contributed by atoms with Crippen LogP contribution >= 0.6 is 11.6 Å². The first-order chi connectivity index (χ1) is 13.1. The number of para-hydroxylation sites is 1. The zero-order chi connectivity index (χ0) is 19.1. The Labute approximate surface area is 163 Å². The van der Waals surface area contributed by atoms with Crippen LogP contribution in [0.4, 0.5) is 5.69 Å². The van der Waals surface area contributed by atoms with Crippen LogP contribution in [0.5, 0.6) is 0 Å². The van der Waals surface area contributed by atoms with Gasteiger partial charge in [0.2, 0.25) is 0 Å². The Hall–Kier alpha value is -2.70. The van der Waals surface area contributed by atoms with Gasteiger partial charge < -0.3 is 0 Å². The van der Waals surface area contributed by atoms with Crippen LogP contribution in [0.15, 0.2) is 59.7 Å². The monoisotopic (exact) mass is 384 g/mol. The Bertz CT molecular complexity index is 828. The van der Waals surface area contributed by atoms with Crippen LogP contribution in [-0.2, 0) is 6.54 Å². The van der Waals surface area contributed by atoms with Gasteiger partial charge >= 0.3 is 0 Å². The van der Waals surface area contributed by atoms with Gasteiger partial charge in [-0.2, -0.15) is 5.10 Å². The molecule has 1 heterocycles. The molecule has 0 amide bonds. The van der Waals surface area contributed by atoms with Crippen molar-refractivity contribution in [1.29, 1.82) is 0 Å². The number of benzene rings is 2. The van der Waals surface area contributed by atoms with Crippen molar-refractivity contribution in [2.75, 3.05) is 26.2 Å². The number of rotatable bonds is 6. The Morgan fingerprint density at radius 2 is 1.78 bits per heavy atom. The highest BCUT2D eigenvalue weighted by Gasteiger charge is 2.15. The minimum atomic E-state index is -0.378. The molecule has 0 unspecified atom stereocenters. The molecule has 1 aliphatic rings. The summed E-state index contributed by atoms with van der Waals surface area (Å²) in [7, 11) is 0. The normalized spacial score (nSPS) is 15.7. The van der Waals surface area contributed by atoms with Gasteiger partial charge in [-0.15, -0.1) is 0 Å². The molecule has 3 rings (SSSR count). The van der Waals surface area contributed by atoms with Crippen LogP contribution in [-0.4, -0.2) is 47.2 Å². The van der Waals surface area contributed by atoms with E-state index in [0.717, 1.165) is 37.7 Å². The number of halogens is 1. The molecule has 140 valence electrons. The summed E-state index contributed by atoms with van der Waals surface area (Å²) >= 11 is 5.92. The maximum absolute atomic E-state index is 11.0.